The van der Waals surface area contributed by atoms with Crippen LogP contribution in [0.15, 0.2) is 91.0 Å². The molecular formula is C22H30O3Si4. The third-order valence-corrected chi connectivity index (χ3v) is 13.4. The highest BCUT2D eigenvalue weighted by Gasteiger charge is 2.34. The van der Waals surface area contributed by atoms with E-state index >= 15 is 0 Å². The van der Waals surface area contributed by atoms with Crippen LogP contribution in [-0.2, 0) is 13.3 Å². The Morgan fingerprint density at radius 2 is 0.759 bits per heavy atom. The quantitative estimate of drug-likeness (QED) is 0.354. The highest BCUT2D eigenvalue weighted by atomic mass is 28.3. The van der Waals surface area contributed by atoms with E-state index in [2.05, 4.69) is 92.4 Å². The Balaban J connectivity index is 1.81. The lowest BCUT2D eigenvalue weighted by Gasteiger charge is -2.38. The zero-order valence-corrected chi connectivity index (χ0v) is 23.1. The summed E-state index contributed by atoms with van der Waals surface area (Å²) in [5, 5.41) is 3.80. The zero-order chi connectivity index (χ0) is 20.7. The largest absolute Gasteiger partial charge is 0.374 e. The second-order valence-electron chi connectivity index (χ2n) is 7.37. The molecule has 0 spiro atoms. The summed E-state index contributed by atoms with van der Waals surface area (Å²) in [6.07, 6.45) is 0. The van der Waals surface area contributed by atoms with Crippen LogP contribution in [0.25, 0.3) is 0 Å². The zero-order valence-electron chi connectivity index (χ0n) is 17.6. The van der Waals surface area contributed by atoms with Crippen LogP contribution < -0.4 is 15.6 Å². The van der Waals surface area contributed by atoms with Crippen LogP contribution in [0.2, 0.25) is 19.6 Å². The second kappa shape index (κ2) is 10.4. The maximum Gasteiger partial charge on any atom is 0.218 e. The molecule has 0 radical (unpaired) electrons. The first-order chi connectivity index (χ1) is 14.0. The first-order valence-corrected chi connectivity index (χ1v) is 17.8. The molecule has 3 nitrogen and oxygen atoms in total. The van der Waals surface area contributed by atoms with Gasteiger partial charge in [0.25, 0.3) is 0 Å². The van der Waals surface area contributed by atoms with Crippen molar-refractivity contribution in [2.75, 3.05) is 0 Å². The third-order valence-electron chi connectivity index (χ3n) is 4.98. The van der Waals surface area contributed by atoms with Crippen molar-refractivity contribution in [1.82, 2.24) is 0 Å². The van der Waals surface area contributed by atoms with Crippen molar-refractivity contribution in [3.63, 3.8) is 0 Å². The van der Waals surface area contributed by atoms with E-state index in [1.54, 1.807) is 0 Å². The average Bonchev–Trinajstić information content (AvgIpc) is 2.75. The van der Waals surface area contributed by atoms with E-state index in [4.69, 9.17) is 13.3 Å². The number of hydrogen-bond acceptors (Lipinski definition) is 3. The molecule has 0 aliphatic rings. The fraction of sp³-hybridized carbons (Fsp3) is 0.182. The second-order valence-corrected chi connectivity index (χ2v) is 15.2. The maximum atomic E-state index is 6.63. The molecule has 0 aliphatic heterocycles. The Morgan fingerprint density at radius 3 is 1.00 bits per heavy atom. The third kappa shape index (κ3) is 6.44. The summed E-state index contributed by atoms with van der Waals surface area (Å²) in [6.45, 7) is 6.62. The summed E-state index contributed by atoms with van der Waals surface area (Å²) in [4.78, 5) is 0. The van der Waals surface area contributed by atoms with Crippen LogP contribution in [0.1, 0.15) is 0 Å². The first kappa shape index (κ1) is 22.1. The molecule has 3 aromatic carbocycles. The molecular weight excluding hydrogens is 425 g/mol. The van der Waals surface area contributed by atoms with E-state index in [1.807, 2.05) is 18.2 Å². The molecule has 3 unspecified atom stereocenters. The molecule has 3 rings (SSSR count). The van der Waals surface area contributed by atoms with Crippen molar-refractivity contribution in [2.45, 2.75) is 25.2 Å². The van der Waals surface area contributed by atoms with Gasteiger partial charge in [-0.2, -0.15) is 0 Å². The molecule has 152 valence electrons. The Labute approximate surface area is 182 Å². The van der Waals surface area contributed by atoms with Gasteiger partial charge in [-0.05, 0) is 35.2 Å². The van der Waals surface area contributed by atoms with Gasteiger partial charge in [0, 0.05) is 0 Å². The minimum absolute atomic E-state index is 0.653. The summed E-state index contributed by atoms with van der Waals surface area (Å²) in [6, 6.07) is 31.4. The van der Waals surface area contributed by atoms with Gasteiger partial charge in [-0.25, -0.2) is 0 Å². The van der Waals surface area contributed by atoms with E-state index < -0.39 is 32.7 Å². The van der Waals surface area contributed by atoms with Gasteiger partial charge < -0.3 is 13.3 Å². The highest BCUT2D eigenvalue weighted by molar-refractivity contribution is 6.69. The molecule has 0 bridgehead atoms. The predicted molar refractivity (Wildman–Crippen MR) is 133 cm³/mol. The van der Waals surface area contributed by atoms with Crippen LogP contribution in [0.3, 0.4) is 0 Å². The minimum Gasteiger partial charge on any atom is -0.374 e. The molecule has 0 fully saturated rings. The molecule has 3 aromatic rings. The maximum absolute atomic E-state index is 6.63. The van der Waals surface area contributed by atoms with Crippen LogP contribution >= 0.6 is 0 Å². The smallest absolute Gasteiger partial charge is 0.218 e. The summed E-state index contributed by atoms with van der Waals surface area (Å²) in [5.74, 6) is 0. The molecule has 29 heavy (non-hydrogen) atoms. The lowest BCUT2D eigenvalue weighted by Crippen LogP contribution is -2.55. The Kier molecular flexibility index (Phi) is 7.96. The standard InChI is InChI=1S/C22H30O3Si4/c1-27(19-13-7-4-8-14-19)23-22(26,24-28(2)20-15-9-5-10-16-20)25-29(3)21-17-11-6-12-18-21/h4-18,27-29H,1-3,26H3. The van der Waals surface area contributed by atoms with Gasteiger partial charge in [0.2, 0.25) is 32.7 Å². The normalized spacial score (nSPS) is 16.7. The lowest BCUT2D eigenvalue weighted by molar-refractivity contribution is -0.190. The molecule has 7 heteroatoms. The van der Waals surface area contributed by atoms with Crippen LogP contribution in [0, 0.1) is 0 Å². The van der Waals surface area contributed by atoms with Gasteiger partial charge in [-0.15, -0.1) is 0 Å². The fourth-order valence-electron chi connectivity index (χ4n) is 3.42. The number of benzene rings is 3. The van der Waals surface area contributed by atoms with E-state index in [-0.39, 0.29) is 0 Å². The molecule has 0 N–H and O–H groups in total. The van der Waals surface area contributed by atoms with E-state index in [0.717, 1.165) is 0 Å². The van der Waals surface area contributed by atoms with Crippen molar-refractivity contribution in [3.8, 4) is 0 Å². The summed E-state index contributed by atoms with van der Waals surface area (Å²) in [7, 11) is -4.33. The van der Waals surface area contributed by atoms with Crippen LogP contribution in [-0.4, -0.2) is 43.0 Å². The van der Waals surface area contributed by atoms with Crippen LogP contribution in [0.4, 0.5) is 0 Å². The van der Waals surface area contributed by atoms with Crippen LogP contribution in [0.5, 0.6) is 0 Å². The van der Waals surface area contributed by atoms with Gasteiger partial charge in [0.05, 0.1) is 0 Å². The Morgan fingerprint density at radius 1 is 0.517 bits per heavy atom. The van der Waals surface area contributed by atoms with Gasteiger partial charge in [-0.3, -0.25) is 0 Å². The SMILES string of the molecule is C[SiH](OC([SiH3])(O[SiH](C)c1ccccc1)O[SiH](C)c1ccccc1)c1ccccc1. The first-order valence-electron chi connectivity index (χ1n) is 10.1. The highest BCUT2D eigenvalue weighted by Crippen LogP contribution is 2.16. The van der Waals surface area contributed by atoms with Gasteiger partial charge in [0.1, 0.15) is 10.2 Å². The van der Waals surface area contributed by atoms with Gasteiger partial charge in [0.15, 0.2) is 0 Å². The number of rotatable bonds is 9. The Bertz CT molecular complexity index is 749. The van der Waals surface area contributed by atoms with Crippen molar-refractivity contribution < 1.29 is 13.3 Å². The molecule has 0 amide bonds. The molecule has 0 saturated heterocycles. The van der Waals surface area contributed by atoms with Crippen molar-refractivity contribution in [2.24, 2.45) is 0 Å². The lowest BCUT2D eigenvalue weighted by atomic mass is 10.4. The van der Waals surface area contributed by atoms with E-state index in [1.165, 1.54) is 15.6 Å². The van der Waals surface area contributed by atoms with Crippen molar-refractivity contribution in [3.05, 3.63) is 91.0 Å². The fourth-order valence-corrected chi connectivity index (χ4v) is 11.9. The van der Waals surface area contributed by atoms with Gasteiger partial charge >= 0.3 is 0 Å². The molecule has 0 heterocycles. The average molecular weight is 455 g/mol. The van der Waals surface area contributed by atoms with E-state index in [0.29, 0.717) is 10.2 Å². The molecule has 0 saturated carbocycles. The molecule has 0 aliphatic carbocycles. The Hall–Kier alpha value is -1.59. The summed E-state index contributed by atoms with van der Waals surface area (Å²) >= 11 is 0. The predicted octanol–water partition coefficient (Wildman–Crippen LogP) is 0.795. The minimum atomic E-state index is -1.66. The molecule has 0 aromatic heterocycles. The summed E-state index contributed by atoms with van der Waals surface area (Å²) < 4.78 is 19.9. The summed E-state index contributed by atoms with van der Waals surface area (Å²) in [5.41, 5.74) is -0.898. The number of hydrogen-bond donors (Lipinski definition) is 0. The molecule has 3 atom stereocenters. The topological polar surface area (TPSA) is 27.7 Å². The monoisotopic (exact) mass is 454 g/mol. The van der Waals surface area contributed by atoms with Crippen molar-refractivity contribution >= 4 is 52.9 Å². The van der Waals surface area contributed by atoms with Crippen molar-refractivity contribution in [1.29, 1.82) is 0 Å². The van der Waals surface area contributed by atoms with Gasteiger partial charge in [-0.1, -0.05) is 91.0 Å². The van der Waals surface area contributed by atoms with E-state index in [9.17, 15) is 0 Å².